The first kappa shape index (κ1) is 26.1. The molecule has 1 aromatic heterocycles. The summed E-state index contributed by atoms with van der Waals surface area (Å²) in [5.41, 5.74) is 3.62. The molecule has 5 nitrogen and oxygen atoms in total. The van der Waals surface area contributed by atoms with Gasteiger partial charge in [-0.15, -0.1) is 0 Å². The average molecular weight is 507 g/mol. The van der Waals surface area contributed by atoms with Crippen molar-refractivity contribution in [3.8, 4) is 6.07 Å². The van der Waals surface area contributed by atoms with Crippen LogP contribution in [-0.4, -0.2) is 35.4 Å². The van der Waals surface area contributed by atoms with Crippen LogP contribution in [0.1, 0.15) is 80.2 Å². The molecule has 38 heavy (non-hydrogen) atoms. The number of carbonyl (C=O) groups is 1. The predicted molar refractivity (Wildman–Crippen MR) is 152 cm³/mol. The fourth-order valence-corrected chi connectivity index (χ4v) is 6.44. The Kier molecular flexibility index (Phi) is 8.20. The summed E-state index contributed by atoms with van der Waals surface area (Å²) >= 11 is 0. The standard InChI is InChI=1S/C33H38N4O/c1-26(38)37-31-18-10-9-17-30(31)33(25-34,29-15-7-5-8-16-29)32(37)28-22-27(23-35-24-28)14-6-3-2-4-11-19-36-20-12-13-21-36/h5,7-10,15-18,22-24,32H,2-4,6,11-14,19-21H2,1H3/t32-,33+/m0/s1. The molecule has 1 amide bonds. The van der Waals surface area contributed by atoms with E-state index in [1.807, 2.05) is 67.0 Å². The molecule has 2 aliphatic rings. The molecule has 2 atom stereocenters. The van der Waals surface area contributed by atoms with Crippen LogP contribution in [0.15, 0.2) is 73.1 Å². The van der Waals surface area contributed by atoms with Crippen LogP contribution in [0.2, 0.25) is 0 Å². The van der Waals surface area contributed by atoms with E-state index in [-0.39, 0.29) is 5.91 Å². The van der Waals surface area contributed by atoms with Gasteiger partial charge < -0.3 is 9.80 Å². The van der Waals surface area contributed by atoms with Gasteiger partial charge in [0, 0.05) is 30.6 Å². The van der Waals surface area contributed by atoms with E-state index in [1.165, 1.54) is 63.7 Å². The molecule has 0 radical (unpaired) electrons. The second kappa shape index (κ2) is 11.9. The number of benzene rings is 2. The molecular formula is C33H38N4O. The van der Waals surface area contributed by atoms with Gasteiger partial charge in [0.15, 0.2) is 0 Å². The van der Waals surface area contributed by atoms with Crippen LogP contribution in [0.5, 0.6) is 0 Å². The maximum Gasteiger partial charge on any atom is 0.224 e. The van der Waals surface area contributed by atoms with Gasteiger partial charge in [-0.25, -0.2) is 0 Å². The first-order chi connectivity index (χ1) is 18.6. The van der Waals surface area contributed by atoms with Crippen molar-refractivity contribution >= 4 is 11.6 Å². The minimum atomic E-state index is -1.01. The van der Waals surface area contributed by atoms with Gasteiger partial charge in [-0.2, -0.15) is 5.26 Å². The summed E-state index contributed by atoms with van der Waals surface area (Å²) in [5.74, 6) is -0.0742. The van der Waals surface area contributed by atoms with E-state index in [9.17, 15) is 10.1 Å². The number of likely N-dealkylation sites (tertiary alicyclic amines) is 1. The minimum Gasteiger partial charge on any atom is -0.303 e. The Balaban J connectivity index is 1.35. The predicted octanol–water partition coefficient (Wildman–Crippen LogP) is 6.59. The van der Waals surface area contributed by atoms with Crippen molar-refractivity contribution in [2.45, 2.75) is 69.7 Å². The molecule has 5 rings (SSSR count). The number of hydrogen-bond acceptors (Lipinski definition) is 4. The van der Waals surface area contributed by atoms with Gasteiger partial charge >= 0.3 is 0 Å². The number of amides is 1. The molecule has 0 bridgehead atoms. The van der Waals surface area contributed by atoms with E-state index in [2.05, 4.69) is 22.0 Å². The Morgan fingerprint density at radius 3 is 2.45 bits per heavy atom. The largest absolute Gasteiger partial charge is 0.303 e. The summed E-state index contributed by atoms with van der Waals surface area (Å²) in [5, 5.41) is 10.8. The van der Waals surface area contributed by atoms with Gasteiger partial charge in [-0.05, 0) is 74.5 Å². The molecule has 2 aromatic carbocycles. The first-order valence-electron chi connectivity index (χ1n) is 14.2. The fraction of sp³-hybridized carbons (Fsp3) is 0.424. The number of carbonyl (C=O) groups excluding carboxylic acids is 1. The Bertz CT molecular complexity index is 1280. The van der Waals surface area contributed by atoms with Crippen LogP contribution in [-0.2, 0) is 16.6 Å². The van der Waals surface area contributed by atoms with Crippen molar-refractivity contribution in [1.82, 2.24) is 9.88 Å². The van der Waals surface area contributed by atoms with Gasteiger partial charge in [0.1, 0.15) is 5.41 Å². The lowest BCUT2D eigenvalue weighted by atomic mass is 9.70. The Morgan fingerprint density at radius 2 is 1.68 bits per heavy atom. The maximum absolute atomic E-state index is 13.1. The topological polar surface area (TPSA) is 60.2 Å². The number of para-hydroxylation sites is 1. The number of anilines is 1. The summed E-state index contributed by atoms with van der Waals surface area (Å²) in [6.07, 6.45) is 13.7. The summed E-state index contributed by atoms with van der Waals surface area (Å²) < 4.78 is 0. The second-order valence-corrected chi connectivity index (χ2v) is 10.8. The summed E-state index contributed by atoms with van der Waals surface area (Å²) in [7, 11) is 0. The molecule has 1 saturated heterocycles. The van der Waals surface area contributed by atoms with Crippen LogP contribution >= 0.6 is 0 Å². The van der Waals surface area contributed by atoms with E-state index in [0.29, 0.717) is 0 Å². The van der Waals surface area contributed by atoms with Crippen LogP contribution in [0.25, 0.3) is 0 Å². The lowest BCUT2D eigenvalue weighted by Gasteiger charge is -2.34. The van der Waals surface area contributed by atoms with E-state index in [0.717, 1.165) is 35.2 Å². The first-order valence-corrected chi connectivity index (χ1v) is 14.2. The highest BCUT2D eigenvalue weighted by atomic mass is 16.2. The number of rotatable bonds is 10. The molecular weight excluding hydrogens is 468 g/mol. The van der Waals surface area contributed by atoms with Crippen molar-refractivity contribution in [3.63, 3.8) is 0 Å². The van der Waals surface area contributed by atoms with E-state index >= 15 is 0 Å². The highest BCUT2D eigenvalue weighted by Gasteiger charge is 2.54. The zero-order chi connectivity index (χ0) is 26.4. The average Bonchev–Trinajstić information content (AvgIpc) is 3.58. The molecule has 0 N–H and O–H groups in total. The van der Waals surface area contributed by atoms with E-state index < -0.39 is 11.5 Å². The highest BCUT2D eigenvalue weighted by molar-refractivity contribution is 5.97. The van der Waals surface area contributed by atoms with Crippen molar-refractivity contribution in [2.24, 2.45) is 0 Å². The molecule has 1 fully saturated rings. The van der Waals surface area contributed by atoms with Crippen molar-refractivity contribution in [1.29, 1.82) is 5.26 Å². The van der Waals surface area contributed by atoms with Gasteiger partial charge in [0.25, 0.3) is 0 Å². The molecule has 3 heterocycles. The molecule has 0 saturated carbocycles. The number of hydrogen-bond donors (Lipinski definition) is 0. The number of aryl methyl sites for hydroxylation is 1. The lowest BCUT2D eigenvalue weighted by molar-refractivity contribution is -0.117. The highest BCUT2D eigenvalue weighted by Crippen LogP contribution is 2.56. The number of unbranched alkanes of at least 4 members (excludes halogenated alkanes) is 4. The maximum atomic E-state index is 13.1. The third-order valence-corrected chi connectivity index (χ3v) is 8.27. The molecule has 0 spiro atoms. The van der Waals surface area contributed by atoms with Gasteiger partial charge in [0.2, 0.25) is 5.91 Å². The quantitative estimate of drug-likeness (QED) is 0.291. The monoisotopic (exact) mass is 506 g/mol. The molecule has 2 aliphatic heterocycles. The Labute approximate surface area is 227 Å². The number of aromatic nitrogens is 1. The number of pyridine rings is 1. The molecule has 3 aromatic rings. The second-order valence-electron chi connectivity index (χ2n) is 10.8. The third kappa shape index (κ3) is 5.11. The van der Waals surface area contributed by atoms with Gasteiger partial charge in [-0.3, -0.25) is 9.78 Å². The summed E-state index contributed by atoms with van der Waals surface area (Å²) in [6.45, 7) is 5.41. The van der Waals surface area contributed by atoms with Crippen molar-refractivity contribution < 1.29 is 4.79 Å². The third-order valence-electron chi connectivity index (χ3n) is 8.27. The van der Waals surface area contributed by atoms with Gasteiger partial charge in [-0.1, -0.05) is 73.9 Å². The lowest BCUT2D eigenvalue weighted by Crippen LogP contribution is -2.40. The molecule has 5 heteroatoms. The summed E-state index contributed by atoms with van der Waals surface area (Å²) in [6, 6.07) is 22.1. The number of fused-ring (bicyclic) bond motifs is 1. The zero-order valence-electron chi connectivity index (χ0n) is 22.5. The zero-order valence-corrected chi connectivity index (χ0v) is 22.5. The normalized spacial score (nSPS) is 20.8. The van der Waals surface area contributed by atoms with E-state index in [4.69, 9.17) is 0 Å². The number of nitriles is 1. The molecule has 0 unspecified atom stereocenters. The fourth-order valence-electron chi connectivity index (χ4n) is 6.44. The minimum absolute atomic E-state index is 0.0742. The molecule has 196 valence electrons. The smallest absolute Gasteiger partial charge is 0.224 e. The van der Waals surface area contributed by atoms with Crippen LogP contribution in [0.4, 0.5) is 5.69 Å². The van der Waals surface area contributed by atoms with Crippen LogP contribution < -0.4 is 4.90 Å². The Morgan fingerprint density at radius 1 is 0.974 bits per heavy atom. The van der Waals surface area contributed by atoms with Crippen LogP contribution in [0, 0.1) is 11.3 Å². The van der Waals surface area contributed by atoms with Crippen molar-refractivity contribution in [2.75, 3.05) is 24.5 Å². The van der Waals surface area contributed by atoms with Crippen molar-refractivity contribution in [3.05, 3.63) is 95.3 Å². The van der Waals surface area contributed by atoms with Crippen LogP contribution in [0.3, 0.4) is 0 Å². The van der Waals surface area contributed by atoms with Gasteiger partial charge in [0.05, 0.1) is 12.1 Å². The Hall–Kier alpha value is -3.49. The molecule has 0 aliphatic carbocycles. The number of nitrogens with zero attached hydrogens (tertiary/aromatic N) is 4. The SMILES string of the molecule is CC(=O)N1c2ccccc2[C@@](C#N)(c2ccccc2)[C@@H]1c1cncc(CCCCCCCN2CCCC2)c1. The van der Waals surface area contributed by atoms with E-state index in [1.54, 1.807) is 11.8 Å². The summed E-state index contributed by atoms with van der Waals surface area (Å²) in [4.78, 5) is 22.1.